The van der Waals surface area contributed by atoms with E-state index in [9.17, 15) is 5.11 Å². The lowest BCUT2D eigenvalue weighted by atomic mass is 10.1. The molecule has 0 amide bonds. The SMILES string of the molecule is CC(C)c1ccc(CC(O)N2CCN(c3ccc(C#N)nn3)[C@@H](C)C2)s1. The fourth-order valence-electron chi connectivity index (χ4n) is 3.26. The molecule has 0 bridgehead atoms. The molecule has 1 N–H and O–H groups in total. The van der Waals surface area contributed by atoms with Crippen LogP contribution < -0.4 is 4.90 Å². The Bertz CT molecular complexity index is 767. The van der Waals surface area contributed by atoms with Gasteiger partial charge in [-0.1, -0.05) is 13.8 Å². The lowest BCUT2D eigenvalue weighted by molar-refractivity contribution is -0.00542. The number of piperazine rings is 1. The van der Waals surface area contributed by atoms with Gasteiger partial charge in [-0.15, -0.1) is 21.5 Å². The minimum atomic E-state index is -0.467. The van der Waals surface area contributed by atoms with Gasteiger partial charge in [0, 0.05) is 41.9 Å². The number of aromatic nitrogens is 2. The molecule has 0 aromatic carbocycles. The second-order valence-electron chi connectivity index (χ2n) is 7.07. The standard InChI is InChI=1S/C19H25N5OS/c1-13(2)17-6-5-16(26-17)10-19(25)23-8-9-24(14(3)12-23)18-7-4-15(11-20)21-22-18/h4-7,13-14,19,25H,8-10,12H2,1-3H3/t14-,19?/m0/s1. The van der Waals surface area contributed by atoms with E-state index in [1.165, 1.54) is 9.75 Å². The molecular formula is C19H25N5OS. The third kappa shape index (κ3) is 4.21. The lowest BCUT2D eigenvalue weighted by Crippen LogP contribution is -2.55. The average molecular weight is 372 g/mol. The van der Waals surface area contributed by atoms with Gasteiger partial charge in [-0.05, 0) is 37.1 Å². The van der Waals surface area contributed by atoms with Crippen molar-refractivity contribution in [2.24, 2.45) is 0 Å². The Morgan fingerprint density at radius 3 is 2.65 bits per heavy atom. The van der Waals surface area contributed by atoms with E-state index in [2.05, 4.69) is 52.9 Å². The van der Waals surface area contributed by atoms with Gasteiger partial charge in [0.25, 0.3) is 0 Å². The Balaban J connectivity index is 1.59. The van der Waals surface area contributed by atoms with Crippen LogP contribution in [0.1, 0.15) is 42.1 Å². The monoisotopic (exact) mass is 371 g/mol. The van der Waals surface area contributed by atoms with Crippen LogP contribution in [0.2, 0.25) is 0 Å². The molecule has 138 valence electrons. The van der Waals surface area contributed by atoms with Crippen molar-refractivity contribution in [3.05, 3.63) is 39.7 Å². The number of hydrogen-bond acceptors (Lipinski definition) is 7. The first kappa shape index (κ1) is 18.8. The number of aliphatic hydroxyl groups is 1. The number of rotatable bonds is 5. The van der Waals surface area contributed by atoms with Crippen molar-refractivity contribution >= 4 is 17.2 Å². The predicted octanol–water partition coefficient (Wildman–Crippen LogP) is 2.60. The van der Waals surface area contributed by atoms with E-state index in [1.807, 2.05) is 12.1 Å². The van der Waals surface area contributed by atoms with Crippen LogP contribution in [0.3, 0.4) is 0 Å². The highest BCUT2D eigenvalue weighted by Gasteiger charge is 2.28. The highest BCUT2D eigenvalue weighted by Crippen LogP contribution is 2.26. The van der Waals surface area contributed by atoms with E-state index < -0.39 is 6.23 Å². The number of nitrogens with zero attached hydrogens (tertiary/aromatic N) is 5. The number of thiophene rings is 1. The average Bonchev–Trinajstić information content (AvgIpc) is 3.10. The van der Waals surface area contributed by atoms with E-state index in [1.54, 1.807) is 17.4 Å². The molecule has 3 rings (SSSR count). The quantitative estimate of drug-likeness (QED) is 0.871. The second kappa shape index (κ2) is 8.12. The summed E-state index contributed by atoms with van der Waals surface area (Å²) in [6.07, 6.45) is 0.200. The third-order valence-electron chi connectivity index (χ3n) is 4.77. The molecule has 6 nitrogen and oxygen atoms in total. The molecule has 1 unspecified atom stereocenters. The minimum Gasteiger partial charge on any atom is -0.378 e. The molecule has 0 aliphatic carbocycles. The molecule has 2 aromatic rings. The summed E-state index contributed by atoms with van der Waals surface area (Å²) < 4.78 is 0. The maximum absolute atomic E-state index is 10.7. The Kier molecular flexibility index (Phi) is 5.87. The second-order valence-corrected chi connectivity index (χ2v) is 8.27. The molecule has 2 aromatic heterocycles. The largest absolute Gasteiger partial charge is 0.378 e. The molecule has 0 saturated carbocycles. The summed E-state index contributed by atoms with van der Waals surface area (Å²) in [6, 6.07) is 10.0. The first-order valence-corrected chi connectivity index (χ1v) is 9.80. The zero-order valence-electron chi connectivity index (χ0n) is 15.5. The highest BCUT2D eigenvalue weighted by molar-refractivity contribution is 7.12. The Morgan fingerprint density at radius 2 is 2.08 bits per heavy atom. The fraction of sp³-hybridized carbons (Fsp3) is 0.526. The number of anilines is 1. The van der Waals surface area contributed by atoms with Gasteiger partial charge in [0.15, 0.2) is 11.5 Å². The van der Waals surface area contributed by atoms with Crippen LogP contribution in [0.15, 0.2) is 24.3 Å². The summed E-state index contributed by atoms with van der Waals surface area (Å²) in [4.78, 5) is 6.91. The van der Waals surface area contributed by atoms with Gasteiger partial charge in [-0.3, -0.25) is 4.90 Å². The minimum absolute atomic E-state index is 0.218. The van der Waals surface area contributed by atoms with Crippen molar-refractivity contribution in [2.75, 3.05) is 24.5 Å². The van der Waals surface area contributed by atoms with Gasteiger partial charge >= 0.3 is 0 Å². The maximum atomic E-state index is 10.7. The fourth-order valence-corrected chi connectivity index (χ4v) is 4.30. The zero-order chi connectivity index (χ0) is 18.7. The zero-order valence-corrected chi connectivity index (χ0v) is 16.3. The van der Waals surface area contributed by atoms with Gasteiger partial charge in [0.2, 0.25) is 0 Å². The van der Waals surface area contributed by atoms with Gasteiger partial charge in [-0.2, -0.15) is 5.26 Å². The van der Waals surface area contributed by atoms with Crippen LogP contribution in [0.5, 0.6) is 0 Å². The van der Waals surface area contributed by atoms with Gasteiger partial charge in [0.1, 0.15) is 12.3 Å². The van der Waals surface area contributed by atoms with Crippen LogP contribution in [-0.4, -0.2) is 52.1 Å². The first-order valence-electron chi connectivity index (χ1n) is 8.99. The van der Waals surface area contributed by atoms with Crippen LogP contribution in [0, 0.1) is 11.3 Å². The van der Waals surface area contributed by atoms with Crippen LogP contribution >= 0.6 is 11.3 Å². The summed E-state index contributed by atoms with van der Waals surface area (Å²) in [5, 5.41) is 27.6. The van der Waals surface area contributed by atoms with Crippen LogP contribution in [-0.2, 0) is 6.42 Å². The van der Waals surface area contributed by atoms with Gasteiger partial charge in [0.05, 0.1) is 0 Å². The Morgan fingerprint density at radius 1 is 1.27 bits per heavy atom. The van der Waals surface area contributed by atoms with E-state index in [-0.39, 0.29) is 6.04 Å². The van der Waals surface area contributed by atoms with Crippen LogP contribution in [0.4, 0.5) is 5.82 Å². The van der Waals surface area contributed by atoms with E-state index in [0.717, 1.165) is 25.5 Å². The van der Waals surface area contributed by atoms with Gasteiger partial charge in [-0.25, -0.2) is 0 Å². The summed E-state index contributed by atoms with van der Waals surface area (Å²) >= 11 is 1.79. The number of aliphatic hydroxyl groups excluding tert-OH is 1. The Labute approximate surface area is 158 Å². The van der Waals surface area contributed by atoms with Crippen LogP contribution in [0.25, 0.3) is 0 Å². The molecule has 0 radical (unpaired) electrons. The third-order valence-corrected chi connectivity index (χ3v) is 6.18. The maximum Gasteiger partial charge on any atom is 0.163 e. The summed E-state index contributed by atoms with van der Waals surface area (Å²) in [6.45, 7) is 8.83. The molecule has 26 heavy (non-hydrogen) atoms. The van der Waals surface area contributed by atoms with Crippen molar-refractivity contribution in [3.63, 3.8) is 0 Å². The number of hydrogen-bond donors (Lipinski definition) is 1. The van der Waals surface area contributed by atoms with Crippen molar-refractivity contribution < 1.29 is 5.11 Å². The molecule has 1 fully saturated rings. The Hall–Kier alpha value is -2.01. The van der Waals surface area contributed by atoms with Crippen molar-refractivity contribution in [1.82, 2.24) is 15.1 Å². The normalized spacial score (nSPS) is 19.5. The van der Waals surface area contributed by atoms with Gasteiger partial charge < -0.3 is 10.0 Å². The molecule has 1 aliphatic heterocycles. The van der Waals surface area contributed by atoms with Crippen molar-refractivity contribution in [1.29, 1.82) is 5.26 Å². The molecule has 7 heteroatoms. The molecule has 1 aliphatic rings. The molecular weight excluding hydrogens is 346 g/mol. The van der Waals surface area contributed by atoms with Crippen molar-refractivity contribution in [2.45, 2.75) is 45.4 Å². The molecule has 2 atom stereocenters. The summed E-state index contributed by atoms with van der Waals surface area (Å²) in [7, 11) is 0. The van der Waals surface area contributed by atoms with Crippen molar-refractivity contribution in [3.8, 4) is 6.07 Å². The summed E-state index contributed by atoms with van der Waals surface area (Å²) in [5.74, 6) is 1.31. The molecule has 3 heterocycles. The topological polar surface area (TPSA) is 76.3 Å². The smallest absolute Gasteiger partial charge is 0.163 e. The van der Waals surface area contributed by atoms with E-state index >= 15 is 0 Å². The molecule has 0 spiro atoms. The predicted molar refractivity (Wildman–Crippen MR) is 103 cm³/mol. The summed E-state index contributed by atoms with van der Waals surface area (Å²) in [5.41, 5.74) is 0.326. The van der Waals surface area contributed by atoms with E-state index in [4.69, 9.17) is 5.26 Å². The number of nitriles is 1. The van der Waals surface area contributed by atoms with E-state index in [0.29, 0.717) is 18.0 Å². The lowest BCUT2D eigenvalue weighted by Gasteiger charge is -2.42. The first-order chi connectivity index (χ1) is 12.5. The molecule has 1 saturated heterocycles. The highest BCUT2D eigenvalue weighted by atomic mass is 32.1.